The van der Waals surface area contributed by atoms with Crippen molar-refractivity contribution in [3.05, 3.63) is 65.5 Å². The fourth-order valence-corrected chi connectivity index (χ4v) is 2.77. The Morgan fingerprint density at radius 2 is 2.00 bits per heavy atom. The van der Waals surface area contributed by atoms with Crippen molar-refractivity contribution >= 4 is 11.6 Å². The maximum Gasteiger partial charge on any atom is 0.258 e. The van der Waals surface area contributed by atoms with Crippen molar-refractivity contribution in [3.63, 3.8) is 0 Å². The smallest absolute Gasteiger partial charge is 0.258 e. The van der Waals surface area contributed by atoms with Gasteiger partial charge >= 0.3 is 0 Å². The van der Waals surface area contributed by atoms with Crippen molar-refractivity contribution in [2.24, 2.45) is 5.92 Å². The van der Waals surface area contributed by atoms with Crippen molar-refractivity contribution in [1.82, 2.24) is 0 Å². The van der Waals surface area contributed by atoms with E-state index in [4.69, 9.17) is 0 Å². The summed E-state index contributed by atoms with van der Waals surface area (Å²) < 4.78 is 13.3. The SMILES string of the molecule is CC1Cc2ccccc2N(C(=O)c2cccc(F)c2)C1. The fourth-order valence-electron chi connectivity index (χ4n) is 2.77. The second kappa shape index (κ2) is 5.08. The molecular weight excluding hydrogens is 253 g/mol. The molecule has 0 aliphatic carbocycles. The summed E-state index contributed by atoms with van der Waals surface area (Å²) in [5, 5.41) is 0. The Balaban J connectivity index is 2.00. The standard InChI is InChI=1S/C17H16FNO/c1-12-9-13-5-2-3-8-16(13)19(11-12)17(20)14-6-4-7-15(18)10-14/h2-8,10,12H,9,11H2,1H3. The molecular formula is C17H16FNO. The molecule has 20 heavy (non-hydrogen) atoms. The molecule has 2 aromatic rings. The lowest BCUT2D eigenvalue weighted by molar-refractivity contribution is 0.0980. The number of carbonyl (C=O) groups excluding carboxylic acids is 1. The van der Waals surface area contributed by atoms with Gasteiger partial charge < -0.3 is 4.90 Å². The van der Waals surface area contributed by atoms with Crippen LogP contribution in [0.3, 0.4) is 0 Å². The summed E-state index contributed by atoms with van der Waals surface area (Å²) in [5.41, 5.74) is 2.52. The van der Waals surface area contributed by atoms with Crippen LogP contribution in [0.15, 0.2) is 48.5 Å². The van der Waals surface area contributed by atoms with Crippen LogP contribution in [0, 0.1) is 11.7 Å². The van der Waals surface area contributed by atoms with E-state index in [9.17, 15) is 9.18 Å². The van der Waals surface area contributed by atoms with Gasteiger partial charge in [0.25, 0.3) is 5.91 Å². The Morgan fingerprint density at radius 3 is 2.80 bits per heavy atom. The first-order valence-electron chi connectivity index (χ1n) is 6.80. The molecule has 2 aromatic carbocycles. The van der Waals surface area contributed by atoms with E-state index in [0.717, 1.165) is 12.1 Å². The van der Waals surface area contributed by atoms with E-state index in [-0.39, 0.29) is 11.7 Å². The van der Waals surface area contributed by atoms with E-state index in [0.29, 0.717) is 18.0 Å². The summed E-state index contributed by atoms with van der Waals surface area (Å²) in [4.78, 5) is 14.4. The quantitative estimate of drug-likeness (QED) is 0.773. The van der Waals surface area contributed by atoms with E-state index in [1.807, 2.05) is 18.2 Å². The molecule has 3 heteroatoms. The van der Waals surface area contributed by atoms with E-state index in [1.165, 1.54) is 17.7 Å². The zero-order valence-electron chi connectivity index (χ0n) is 11.3. The summed E-state index contributed by atoms with van der Waals surface area (Å²) in [6, 6.07) is 13.8. The monoisotopic (exact) mass is 269 g/mol. The highest BCUT2D eigenvalue weighted by Gasteiger charge is 2.26. The molecule has 0 saturated heterocycles. The Kier molecular flexibility index (Phi) is 3.26. The van der Waals surface area contributed by atoms with Crippen molar-refractivity contribution in [1.29, 1.82) is 0 Å². The van der Waals surface area contributed by atoms with E-state index < -0.39 is 0 Å². The molecule has 0 bridgehead atoms. The van der Waals surface area contributed by atoms with Gasteiger partial charge in [0.1, 0.15) is 5.82 Å². The summed E-state index contributed by atoms with van der Waals surface area (Å²) >= 11 is 0. The lowest BCUT2D eigenvalue weighted by Gasteiger charge is -2.33. The Bertz CT molecular complexity index is 653. The van der Waals surface area contributed by atoms with Crippen molar-refractivity contribution < 1.29 is 9.18 Å². The molecule has 0 fully saturated rings. The summed E-state index contributed by atoms with van der Waals surface area (Å²) in [6.45, 7) is 2.80. The zero-order valence-corrected chi connectivity index (χ0v) is 11.3. The number of anilines is 1. The molecule has 1 aliphatic heterocycles. The molecule has 1 aliphatic rings. The largest absolute Gasteiger partial charge is 0.308 e. The number of hydrogen-bond donors (Lipinski definition) is 0. The van der Waals surface area contributed by atoms with Crippen LogP contribution in [-0.2, 0) is 6.42 Å². The van der Waals surface area contributed by atoms with E-state index in [1.54, 1.807) is 17.0 Å². The van der Waals surface area contributed by atoms with Gasteiger partial charge in [-0.3, -0.25) is 4.79 Å². The third-order valence-corrected chi connectivity index (χ3v) is 3.66. The first-order valence-corrected chi connectivity index (χ1v) is 6.80. The van der Waals surface area contributed by atoms with Crippen LogP contribution in [0.1, 0.15) is 22.8 Å². The minimum absolute atomic E-state index is 0.136. The fraction of sp³-hybridized carbons (Fsp3) is 0.235. The van der Waals surface area contributed by atoms with Crippen LogP contribution in [-0.4, -0.2) is 12.5 Å². The second-order valence-electron chi connectivity index (χ2n) is 5.36. The topological polar surface area (TPSA) is 20.3 Å². The van der Waals surface area contributed by atoms with Crippen molar-refractivity contribution in [3.8, 4) is 0 Å². The molecule has 2 nitrogen and oxygen atoms in total. The van der Waals surface area contributed by atoms with Gasteiger partial charge in [0.05, 0.1) is 0 Å². The number of para-hydroxylation sites is 1. The van der Waals surface area contributed by atoms with Gasteiger partial charge in [-0.05, 0) is 42.2 Å². The molecule has 0 saturated carbocycles. The predicted molar refractivity (Wildman–Crippen MR) is 77.4 cm³/mol. The molecule has 1 heterocycles. The van der Waals surface area contributed by atoms with Gasteiger partial charge in [-0.2, -0.15) is 0 Å². The van der Waals surface area contributed by atoms with Crippen LogP contribution in [0.5, 0.6) is 0 Å². The summed E-state index contributed by atoms with van der Waals surface area (Å²) in [5.74, 6) is -0.111. The van der Waals surface area contributed by atoms with Crippen molar-refractivity contribution in [2.45, 2.75) is 13.3 Å². The number of carbonyl (C=O) groups is 1. The second-order valence-corrected chi connectivity index (χ2v) is 5.36. The highest BCUT2D eigenvalue weighted by Crippen LogP contribution is 2.30. The molecule has 1 unspecified atom stereocenters. The molecule has 1 amide bonds. The van der Waals surface area contributed by atoms with Crippen molar-refractivity contribution in [2.75, 3.05) is 11.4 Å². The summed E-state index contributed by atoms with van der Waals surface area (Å²) in [7, 11) is 0. The third-order valence-electron chi connectivity index (χ3n) is 3.66. The third kappa shape index (κ3) is 2.31. The minimum atomic E-state index is -0.380. The number of benzene rings is 2. The van der Waals surface area contributed by atoms with Gasteiger partial charge in [-0.1, -0.05) is 31.2 Å². The highest BCUT2D eigenvalue weighted by atomic mass is 19.1. The number of rotatable bonds is 1. The lowest BCUT2D eigenvalue weighted by Crippen LogP contribution is -2.39. The molecule has 102 valence electrons. The maximum absolute atomic E-state index is 13.3. The molecule has 0 radical (unpaired) electrons. The van der Waals surface area contributed by atoms with Crippen LogP contribution in [0.25, 0.3) is 0 Å². The molecule has 3 rings (SSSR count). The maximum atomic E-state index is 13.3. The average Bonchev–Trinajstić information content (AvgIpc) is 2.45. The Morgan fingerprint density at radius 1 is 1.20 bits per heavy atom. The van der Waals surface area contributed by atoms with Crippen LogP contribution >= 0.6 is 0 Å². The van der Waals surface area contributed by atoms with E-state index in [2.05, 4.69) is 13.0 Å². The zero-order chi connectivity index (χ0) is 14.1. The average molecular weight is 269 g/mol. The minimum Gasteiger partial charge on any atom is -0.308 e. The molecule has 1 atom stereocenters. The number of nitrogens with zero attached hydrogens (tertiary/aromatic N) is 1. The van der Waals surface area contributed by atoms with Gasteiger partial charge in [0.15, 0.2) is 0 Å². The first kappa shape index (κ1) is 12.9. The van der Waals surface area contributed by atoms with Crippen LogP contribution in [0.4, 0.5) is 10.1 Å². The normalized spacial score (nSPS) is 17.7. The van der Waals surface area contributed by atoms with Gasteiger partial charge in [0, 0.05) is 17.8 Å². The molecule has 0 spiro atoms. The number of fused-ring (bicyclic) bond motifs is 1. The highest BCUT2D eigenvalue weighted by molar-refractivity contribution is 6.06. The van der Waals surface area contributed by atoms with Gasteiger partial charge in [0.2, 0.25) is 0 Å². The van der Waals surface area contributed by atoms with Crippen LogP contribution in [0.2, 0.25) is 0 Å². The Hall–Kier alpha value is -2.16. The molecule has 0 aromatic heterocycles. The number of amides is 1. The van der Waals surface area contributed by atoms with Gasteiger partial charge in [-0.25, -0.2) is 4.39 Å². The van der Waals surface area contributed by atoms with Crippen LogP contribution < -0.4 is 4.90 Å². The molecule has 0 N–H and O–H groups in total. The number of halogens is 1. The number of hydrogen-bond acceptors (Lipinski definition) is 1. The predicted octanol–water partition coefficient (Wildman–Crippen LogP) is 3.66. The van der Waals surface area contributed by atoms with Gasteiger partial charge in [-0.15, -0.1) is 0 Å². The lowest BCUT2D eigenvalue weighted by atomic mass is 9.93. The first-order chi connectivity index (χ1) is 9.65. The Labute approximate surface area is 117 Å². The summed E-state index contributed by atoms with van der Waals surface area (Å²) in [6.07, 6.45) is 0.975. The van der Waals surface area contributed by atoms with E-state index >= 15 is 0 Å².